The maximum absolute atomic E-state index is 6.02. The Hall–Kier alpha value is -1.87. The summed E-state index contributed by atoms with van der Waals surface area (Å²) in [6.45, 7) is 7.04. The number of likely N-dealkylation sites (tertiary alicyclic amines) is 1. The van der Waals surface area contributed by atoms with Gasteiger partial charge in [0.25, 0.3) is 0 Å². The standard InChI is InChI=1S/C20H26N2O/c1-16-9-10-20(17(2)15-16)23-14-13-22-12-6-4-8-19(22)18-7-3-5-11-21-18/h3,5,7,9-11,15,19H,4,6,8,12-14H2,1-2H3. The lowest BCUT2D eigenvalue weighted by Gasteiger charge is -2.35. The lowest BCUT2D eigenvalue weighted by Crippen LogP contribution is -2.36. The third-order valence-electron chi connectivity index (χ3n) is 4.61. The Morgan fingerprint density at radius 3 is 2.87 bits per heavy atom. The van der Waals surface area contributed by atoms with Crippen molar-refractivity contribution in [1.29, 1.82) is 0 Å². The predicted octanol–water partition coefficient (Wildman–Crippen LogP) is 4.30. The summed E-state index contributed by atoms with van der Waals surface area (Å²) in [6, 6.07) is 13.0. The van der Waals surface area contributed by atoms with Crippen LogP contribution >= 0.6 is 0 Å². The first-order valence-electron chi connectivity index (χ1n) is 8.59. The molecule has 1 fully saturated rings. The monoisotopic (exact) mass is 310 g/mol. The molecule has 0 spiro atoms. The molecule has 2 heterocycles. The topological polar surface area (TPSA) is 25.4 Å². The Labute approximate surface area is 139 Å². The van der Waals surface area contributed by atoms with E-state index in [1.165, 1.54) is 36.1 Å². The fourth-order valence-corrected chi connectivity index (χ4v) is 3.40. The molecule has 1 aliphatic heterocycles. The summed E-state index contributed by atoms with van der Waals surface area (Å²) in [5.41, 5.74) is 3.68. The van der Waals surface area contributed by atoms with Gasteiger partial charge in [0.1, 0.15) is 12.4 Å². The van der Waals surface area contributed by atoms with Crippen molar-refractivity contribution in [1.82, 2.24) is 9.88 Å². The smallest absolute Gasteiger partial charge is 0.122 e. The highest BCUT2D eigenvalue weighted by Crippen LogP contribution is 2.29. The van der Waals surface area contributed by atoms with Crippen LogP contribution in [0.5, 0.6) is 5.75 Å². The summed E-state index contributed by atoms with van der Waals surface area (Å²) in [5, 5.41) is 0. The zero-order valence-corrected chi connectivity index (χ0v) is 14.2. The second-order valence-electron chi connectivity index (χ2n) is 6.42. The van der Waals surface area contributed by atoms with Crippen LogP contribution in [0, 0.1) is 13.8 Å². The van der Waals surface area contributed by atoms with E-state index in [2.05, 4.69) is 54.1 Å². The molecule has 0 radical (unpaired) electrons. The number of ether oxygens (including phenoxy) is 1. The van der Waals surface area contributed by atoms with Crippen LogP contribution < -0.4 is 4.74 Å². The Bertz CT molecular complexity index is 627. The van der Waals surface area contributed by atoms with Crippen molar-refractivity contribution in [3.8, 4) is 5.75 Å². The molecule has 0 amide bonds. The molecule has 0 saturated carbocycles. The fourth-order valence-electron chi connectivity index (χ4n) is 3.40. The van der Waals surface area contributed by atoms with E-state index in [4.69, 9.17) is 4.74 Å². The summed E-state index contributed by atoms with van der Waals surface area (Å²) in [6.07, 6.45) is 5.65. The van der Waals surface area contributed by atoms with E-state index < -0.39 is 0 Å². The number of aryl methyl sites for hydroxylation is 2. The number of pyridine rings is 1. The molecule has 1 aromatic heterocycles. The normalized spacial score (nSPS) is 18.8. The second kappa shape index (κ2) is 7.60. The minimum atomic E-state index is 0.438. The van der Waals surface area contributed by atoms with Crippen LogP contribution in [0.1, 0.15) is 42.1 Å². The van der Waals surface area contributed by atoms with Crippen molar-refractivity contribution in [2.24, 2.45) is 0 Å². The highest BCUT2D eigenvalue weighted by molar-refractivity contribution is 5.35. The second-order valence-corrected chi connectivity index (χ2v) is 6.42. The van der Waals surface area contributed by atoms with E-state index in [0.717, 1.165) is 25.4 Å². The van der Waals surface area contributed by atoms with Gasteiger partial charge in [-0.05, 0) is 57.0 Å². The maximum Gasteiger partial charge on any atom is 0.122 e. The summed E-state index contributed by atoms with van der Waals surface area (Å²) in [7, 11) is 0. The van der Waals surface area contributed by atoms with Gasteiger partial charge in [0.15, 0.2) is 0 Å². The van der Waals surface area contributed by atoms with Crippen molar-refractivity contribution in [3.05, 3.63) is 59.4 Å². The lowest BCUT2D eigenvalue weighted by atomic mass is 9.99. The van der Waals surface area contributed by atoms with Gasteiger partial charge in [-0.3, -0.25) is 9.88 Å². The number of hydrogen-bond acceptors (Lipinski definition) is 3. The SMILES string of the molecule is Cc1ccc(OCCN2CCCCC2c2ccccn2)c(C)c1. The van der Waals surface area contributed by atoms with Crippen LogP contribution in [0.4, 0.5) is 0 Å². The quantitative estimate of drug-likeness (QED) is 0.823. The molecule has 1 unspecified atom stereocenters. The molecule has 122 valence electrons. The van der Waals surface area contributed by atoms with E-state index in [1.54, 1.807) is 0 Å². The molecular formula is C20H26N2O. The lowest BCUT2D eigenvalue weighted by molar-refractivity contribution is 0.120. The number of rotatable bonds is 5. The van der Waals surface area contributed by atoms with Crippen LogP contribution in [0.25, 0.3) is 0 Å². The average molecular weight is 310 g/mol. The van der Waals surface area contributed by atoms with Crippen LogP contribution in [-0.2, 0) is 0 Å². The predicted molar refractivity (Wildman–Crippen MR) is 93.8 cm³/mol. The van der Waals surface area contributed by atoms with E-state index in [9.17, 15) is 0 Å². The average Bonchev–Trinajstić information content (AvgIpc) is 2.58. The highest BCUT2D eigenvalue weighted by atomic mass is 16.5. The number of hydrogen-bond donors (Lipinski definition) is 0. The molecular weight excluding hydrogens is 284 g/mol. The number of benzene rings is 1. The van der Waals surface area contributed by atoms with Crippen LogP contribution in [-0.4, -0.2) is 29.6 Å². The summed E-state index contributed by atoms with van der Waals surface area (Å²) < 4.78 is 6.02. The highest BCUT2D eigenvalue weighted by Gasteiger charge is 2.24. The first-order chi connectivity index (χ1) is 11.2. The van der Waals surface area contributed by atoms with Gasteiger partial charge in [-0.1, -0.05) is 30.2 Å². The van der Waals surface area contributed by atoms with E-state index in [0.29, 0.717) is 6.04 Å². The fraction of sp³-hybridized carbons (Fsp3) is 0.450. The molecule has 2 aromatic rings. The first-order valence-corrected chi connectivity index (χ1v) is 8.59. The Balaban J connectivity index is 1.59. The third-order valence-corrected chi connectivity index (χ3v) is 4.61. The van der Waals surface area contributed by atoms with Gasteiger partial charge in [-0.15, -0.1) is 0 Å². The third kappa shape index (κ3) is 4.11. The number of piperidine rings is 1. The van der Waals surface area contributed by atoms with Crippen LogP contribution in [0.15, 0.2) is 42.6 Å². The van der Waals surface area contributed by atoms with Gasteiger partial charge in [0.05, 0.1) is 11.7 Å². The van der Waals surface area contributed by atoms with Gasteiger partial charge >= 0.3 is 0 Å². The molecule has 1 saturated heterocycles. The van der Waals surface area contributed by atoms with Crippen molar-refractivity contribution in [3.63, 3.8) is 0 Å². The van der Waals surface area contributed by atoms with Gasteiger partial charge in [-0.25, -0.2) is 0 Å². The van der Waals surface area contributed by atoms with Gasteiger partial charge in [-0.2, -0.15) is 0 Å². The van der Waals surface area contributed by atoms with Gasteiger partial charge in [0, 0.05) is 12.7 Å². The molecule has 1 atom stereocenters. The van der Waals surface area contributed by atoms with Gasteiger partial charge < -0.3 is 4.74 Å². The first kappa shape index (κ1) is 16.0. The molecule has 23 heavy (non-hydrogen) atoms. The van der Waals surface area contributed by atoms with E-state index in [1.807, 2.05) is 12.3 Å². The minimum absolute atomic E-state index is 0.438. The van der Waals surface area contributed by atoms with Crippen molar-refractivity contribution in [2.45, 2.75) is 39.2 Å². The van der Waals surface area contributed by atoms with Gasteiger partial charge in [0.2, 0.25) is 0 Å². The Kier molecular flexibility index (Phi) is 5.29. The van der Waals surface area contributed by atoms with Crippen LogP contribution in [0.2, 0.25) is 0 Å². The molecule has 1 aromatic carbocycles. The Morgan fingerprint density at radius 2 is 2.09 bits per heavy atom. The molecule has 0 N–H and O–H groups in total. The molecule has 0 bridgehead atoms. The minimum Gasteiger partial charge on any atom is -0.492 e. The zero-order valence-electron chi connectivity index (χ0n) is 14.2. The largest absolute Gasteiger partial charge is 0.492 e. The summed E-state index contributed by atoms with van der Waals surface area (Å²) >= 11 is 0. The molecule has 3 nitrogen and oxygen atoms in total. The van der Waals surface area contributed by atoms with Crippen molar-refractivity contribution >= 4 is 0 Å². The molecule has 3 heteroatoms. The molecule has 3 rings (SSSR count). The van der Waals surface area contributed by atoms with E-state index >= 15 is 0 Å². The van der Waals surface area contributed by atoms with E-state index in [-0.39, 0.29) is 0 Å². The summed E-state index contributed by atoms with van der Waals surface area (Å²) in [5.74, 6) is 1.00. The van der Waals surface area contributed by atoms with Crippen LogP contribution in [0.3, 0.4) is 0 Å². The van der Waals surface area contributed by atoms with Crippen molar-refractivity contribution < 1.29 is 4.74 Å². The molecule has 1 aliphatic rings. The maximum atomic E-state index is 6.02. The number of nitrogens with zero attached hydrogens (tertiary/aromatic N) is 2. The Morgan fingerprint density at radius 1 is 1.17 bits per heavy atom. The van der Waals surface area contributed by atoms with Crippen molar-refractivity contribution in [2.75, 3.05) is 19.7 Å². The zero-order chi connectivity index (χ0) is 16.1. The number of aromatic nitrogens is 1. The molecule has 0 aliphatic carbocycles. The summed E-state index contributed by atoms with van der Waals surface area (Å²) in [4.78, 5) is 7.08.